The van der Waals surface area contributed by atoms with Crippen molar-refractivity contribution < 1.29 is 8.78 Å². The van der Waals surface area contributed by atoms with Gasteiger partial charge in [0.15, 0.2) is 0 Å². The molecule has 0 saturated heterocycles. The molecule has 3 aromatic heterocycles. The smallest absolute Gasteiger partial charge is 0.240 e. The summed E-state index contributed by atoms with van der Waals surface area (Å²) in [6.45, 7) is -2.61. The number of nitrogens with zero attached hydrogens (tertiary/aromatic N) is 4. The summed E-state index contributed by atoms with van der Waals surface area (Å²) in [5.41, 5.74) is 2.37. The minimum absolute atomic E-state index is 0.630. The number of halogens is 2. The van der Waals surface area contributed by atoms with Crippen LogP contribution < -0.4 is 0 Å². The second-order valence-corrected chi connectivity index (χ2v) is 3.61. The molecule has 0 aliphatic carbocycles. The van der Waals surface area contributed by atoms with E-state index in [1.807, 2.05) is 18.2 Å². The third-order valence-electron chi connectivity index (χ3n) is 2.51. The van der Waals surface area contributed by atoms with E-state index in [4.69, 9.17) is 0 Å². The Morgan fingerprint density at radius 2 is 2.00 bits per heavy atom. The van der Waals surface area contributed by atoms with Gasteiger partial charge in [0.05, 0.1) is 11.7 Å². The van der Waals surface area contributed by atoms with E-state index in [-0.39, 0.29) is 0 Å². The highest BCUT2D eigenvalue weighted by atomic mass is 19.3. The van der Waals surface area contributed by atoms with Crippen LogP contribution in [0.4, 0.5) is 8.78 Å². The van der Waals surface area contributed by atoms with Crippen LogP contribution in [0.15, 0.2) is 43.0 Å². The number of rotatable bonds is 2. The predicted molar refractivity (Wildman–Crippen MR) is 57.7 cm³/mol. The van der Waals surface area contributed by atoms with E-state index in [0.717, 1.165) is 11.1 Å². The predicted octanol–water partition coefficient (Wildman–Crippen LogP) is 2.59. The zero-order chi connectivity index (χ0) is 11.8. The summed E-state index contributed by atoms with van der Waals surface area (Å²) in [7, 11) is 0. The van der Waals surface area contributed by atoms with Crippen molar-refractivity contribution in [1.82, 2.24) is 19.4 Å². The van der Waals surface area contributed by atoms with Crippen molar-refractivity contribution in [2.24, 2.45) is 0 Å². The molecule has 3 aromatic rings. The largest absolute Gasteiger partial charge is 0.333 e. The third-order valence-corrected chi connectivity index (χ3v) is 2.51. The molecule has 3 rings (SSSR count). The van der Waals surface area contributed by atoms with E-state index >= 15 is 0 Å². The molecule has 17 heavy (non-hydrogen) atoms. The van der Waals surface area contributed by atoms with Gasteiger partial charge in [-0.2, -0.15) is 19.0 Å². The highest BCUT2D eigenvalue weighted by molar-refractivity contribution is 5.68. The molecule has 4 nitrogen and oxygen atoms in total. The first-order valence-electron chi connectivity index (χ1n) is 5.00. The van der Waals surface area contributed by atoms with Crippen LogP contribution in [0.2, 0.25) is 0 Å². The van der Waals surface area contributed by atoms with Crippen LogP contribution in [0.25, 0.3) is 16.6 Å². The molecule has 0 bridgehead atoms. The number of hydrogen-bond donors (Lipinski definition) is 0. The van der Waals surface area contributed by atoms with E-state index in [9.17, 15) is 8.78 Å². The lowest BCUT2D eigenvalue weighted by Gasteiger charge is -1.95. The molecule has 0 saturated carbocycles. The van der Waals surface area contributed by atoms with E-state index < -0.39 is 6.55 Å². The molecule has 0 atom stereocenters. The first kappa shape index (κ1) is 9.95. The molecule has 0 amide bonds. The number of alkyl halides is 2. The van der Waals surface area contributed by atoms with Crippen molar-refractivity contribution in [3.05, 3.63) is 43.0 Å². The fourth-order valence-corrected chi connectivity index (χ4v) is 1.70. The molecule has 0 spiro atoms. The van der Waals surface area contributed by atoms with Gasteiger partial charge < -0.3 is 0 Å². The first-order valence-corrected chi connectivity index (χ1v) is 5.00. The van der Waals surface area contributed by atoms with Gasteiger partial charge in [-0.25, -0.2) is 9.20 Å². The Hall–Kier alpha value is -2.24. The minimum Gasteiger partial charge on any atom is -0.240 e. The third kappa shape index (κ3) is 1.67. The van der Waals surface area contributed by atoms with Crippen molar-refractivity contribution >= 4 is 5.52 Å². The highest BCUT2D eigenvalue weighted by Crippen LogP contribution is 2.23. The molecular weight excluding hydrogens is 226 g/mol. The number of fused-ring (bicyclic) bond motifs is 1. The lowest BCUT2D eigenvalue weighted by molar-refractivity contribution is 0.0566. The van der Waals surface area contributed by atoms with Crippen molar-refractivity contribution in [3.63, 3.8) is 0 Å². The lowest BCUT2D eigenvalue weighted by atomic mass is 10.2. The molecule has 0 aliphatic rings. The Morgan fingerprint density at radius 3 is 2.71 bits per heavy atom. The van der Waals surface area contributed by atoms with Crippen molar-refractivity contribution in [2.45, 2.75) is 6.55 Å². The summed E-state index contributed by atoms with van der Waals surface area (Å²) in [6.07, 6.45) is 6.18. The summed E-state index contributed by atoms with van der Waals surface area (Å²) < 4.78 is 27.1. The van der Waals surface area contributed by atoms with Crippen molar-refractivity contribution in [2.75, 3.05) is 0 Å². The standard InChI is InChI=1S/C11H8F2N4/c12-11(13)17-7-9(5-15-17)8-4-10-2-1-3-14-16(10)6-8/h1-7,11H. The summed E-state index contributed by atoms with van der Waals surface area (Å²) in [4.78, 5) is 0. The van der Waals surface area contributed by atoms with Crippen molar-refractivity contribution in [3.8, 4) is 11.1 Å². The average molecular weight is 234 g/mol. The van der Waals surface area contributed by atoms with Gasteiger partial charge in [-0.05, 0) is 18.2 Å². The van der Waals surface area contributed by atoms with E-state index in [1.165, 1.54) is 12.4 Å². The summed E-state index contributed by atoms with van der Waals surface area (Å²) in [5.74, 6) is 0. The van der Waals surface area contributed by atoms with Gasteiger partial charge in [-0.1, -0.05) is 0 Å². The van der Waals surface area contributed by atoms with Crippen LogP contribution in [-0.2, 0) is 0 Å². The Kier molecular flexibility index (Phi) is 2.14. The summed E-state index contributed by atoms with van der Waals surface area (Å²) in [6, 6.07) is 5.59. The zero-order valence-corrected chi connectivity index (χ0v) is 8.66. The molecule has 0 aromatic carbocycles. The molecule has 3 heterocycles. The normalized spacial score (nSPS) is 11.5. The van der Waals surface area contributed by atoms with Gasteiger partial charge in [0.2, 0.25) is 0 Å². The average Bonchev–Trinajstić information content (AvgIpc) is 2.95. The van der Waals surface area contributed by atoms with E-state index in [1.54, 1.807) is 16.9 Å². The van der Waals surface area contributed by atoms with Crippen LogP contribution in [0.3, 0.4) is 0 Å². The number of hydrogen-bond acceptors (Lipinski definition) is 2. The first-order chi connectivity index (χ1) is 8.24. The molecule has 0 aliphatic heterocycles. The summed E-state index contributed by atoms with van der Waals surface area (Å²) in [5, 5.41) is 7.71. The molecule has 0 unspecified atom stereocenters. The quantitative estimate of drug-likeness (QED) is 0.683. The lowest BCUT2D eigenvalue weighted by Crippen LogP contribution is -1.96. The van der Waals surface area contributed by atoms with Gasteiger partial charge in [-0.15, -0.1) is 0 Å². The maximum absolute atomic E-state index is 12.4. The van der Waals surface area contributed by atoms with Gasteiger partial charge in [0.25, 0.3) is 0 Å². The van der Waals surface area contributed by atoms with Crippen LogP contribution in [0, 0.1) is 0 Å². The van der Waals surface area contributed by atoms with Crippen LogP contribution >= 0.6 is 0 Å². The van der Waals surface area contributed by atoms with Crippen molar-refractivity contribution in [1.29, 1.82) is 0 Å². The van der Waals surface area contributed by atoms with Gasteiger partial charge in [-0.3, -0.25) is 0 Å². The fourth-order valence-electron chi connectivity index (χ4n) is 1.70. The van der Waals surface area contributed by atoms with Gasteiger partial charge in [0.1, 0.15) is 0 Å². The summed E-state index contributed by atoms with van der Waals surface area (Å²) >= 11 is 0. The van der Waals surface area contributed by atoms with E-state index in [2.05, 4.69) is 10.2 Å². The molecule has 6 heteroatoms. The molecule has 0 N–H and O–H groups in total. The Morgan fingerprint density at radius 1 is 1.12 bits per heavy atom. The molecular formula is C11H8F2N4. The van der Waals surface area contributed by atoms with Crippen LogP contribution in [0.1, 0.15) is 6.55 Å². The van der Waals surface area contributed by atoms with Gasteiger partial charge in [0, 0.05) is 29.7 Å². The zero-order valence-electron chi connectivity index (χ0n) is 8.66. The SMILES string of the molecule is FC(F)n1cc(-c2cc3cccnn3c2)cn1. The Balaban J connectivity index is 2.07. The van der Waals surface area contributed by atoms with Crippen LogP contribution in [-0.4, -0.2) is 19.4 Å². The monoisotopic (exact) mass is 234 g/mol. The maximum atomic E-state index is 12.4. The number of aromatic nitrogens is 4. The van der Waals surface area contributed by atoms with Gasteiger partial charge >= 0.3 is 6.55 Å². The van der Waals surface area contributed by atoms with E-state index in [0.29, 0.717) is 10.2 Å². The molecule has 86 valence electrons. The fraction of sp³-hybridized carbons (Fsp3) is 0.0909. The highest BCUT2D eigenvalue weighted by Gasteiger charge is 2.10. The molecule has 0 radical (unpaired) electrons. The Bertz CT molecular complexity index is 623. The molecule has 0 fully saturated rings. The second kappa shape index (κ2) is 3.65. The maximum Gasteiger partial charge on any atom is 0.333 e. The van der Waals surface area contributed by atoms with Crippen LogP contribution in [0.5, 0.6) is 0 Å². The minimum atomic E-state index is -2.61. The topological polar surface area (TPSA) is 35.1 Å². The second-order valence-electron chi connectivity index (χ2n) is 3.61. The Labute approximate surface area is 95.1 Å².